The normalized spacial score (nSPS) is 11.4. The van der Waals surface area contributed by atoms with Crippen LogP contribution in [0.25, 0.3) is 0 Å². The number of carbonyl (C=O) groups excluding carboxylic acids is 1. The summed E-state index contributed by atoms with van der Waals surface area (Å²) < 4.78 is 34.2. The van der Waals surface area contributed by atoms with Crippen molar-refractivity contribution in [3.63, 3.8) is 0 Å². The highest BCUT2D eigenvalue weighted by Gasteiger charge is 2.17. The van der Waals surface area contributed by atoms with Crippen molar-refractivity contribution in [2.45, 2.75) is 50.8 Å². The van der Waals surface area contributed by atoms with Crippen molar-refractivity contribution >= 4 is 15.9 Å². The molecule has 0 spiro atoms. The van der Waals surface area contributed by atoms with Gasteiger partial charge in [-0.2, -0.15) is 8.42 Å². The van der Waals surface area contributed by atoms with E-state index in [4.69, 9.17) is 8.92 Å². The lowest BCUT2D eigenvalue weighted by molar-refractivity contribution is -0.121. The van der Waals surface area contributed by atoms with Crippen molar-refractivity contribution in [2.24, 2.45) is 0 Å². The molecule has 0 amide bonds. The van der Waals surface area contributed by atoms with E-state index in [1.807, 2.05) is 6.92 Å². The summed E-state index contributed by atoms with van der Waals surface area (Å²) in [5.41, 5.74) is 0. The molecule has 6 heteroatoms. The maximum Gasteiger partial charge on any atom is 0.297 e. The number of hydrogen-bond donors (Lipinski definition) is 0. The van der Waals surface area contributed by atoms with E-state index in [9.17, 15) is 13.2 Å². The Kier molecular flexibility index (Phi) is 8.12. The van der Waals surface area contributed by atoms with Crippen molar-refractivity contribution in [1.82, 2.24) is 0 Å². The van der Waals surface area contributed by atoms with Gasteiger partial charge < -0.3 is 4.74 Å². The highest BCUT2D eigenvalue weighted by molar-refractivity contribution is 7.86. The Labute approximate surface area is 132 Å². The molecule has 0 aliphatic heterocycles. The molecule has 0 heterocycles. The lowest BCUT2D eigenvalue weighted by Crippen LogP contribution is -2.14. The first-order chi connectivity index (χ1) is 10.5. The minimum atomic E-state index is -3.90. The first-order valence-corrected chi connectivity index (χ1v) is 9.04. The topological polar surface area (TPSA) is 69.7 Å². The molecular weight excluding hydrogens is 304 g/mol. The molecule has 0 bridgehead atoms. The van der Waals surface area contributed by atoms with Gasteiger partial charge in [0.05, 0.1) is 11.5 Å². The first kappa shape index (κ1) is 18.6. The molecule has 0 aliphatic carbocycles. The maximum atomic E-state index is 12.0. The third-order valence-electron chi connectivity index (χ3n) is 3.06. The van der Waals surface area contributed by atoms with Crippen LogP contribution in [0.3, 0.4) is 0 Å². The van der Waals surface area contributed by atoms with Crippen LogP contribution in [0.2, 0.25) is 0 Å². The second kappa shape index (κ2) is 9.58. The van der Waals surface area contributed by atoms with Crippen LogP contribution >= 0.6 is 0 Å². The molecule has 1 rings (SSSR count). The Hall–Kier alpha value is -1.40. The van der Waals surface area contributed by atoms with Crippen molar-refractivity contribution in [1.29, 1.82) is 0 Å². The van der Waals surface area contributed by atoms with Crippen LogP contribution in [0.4, 0.5) is 0 Å². The minimum absolute atomic E-state index is 0.0265. The van der Waals surface area contributed by atoms with Gasteiger partial charge in [-0.3, -0.25) is 8.98 Å². The molecule has 22 heavy (non-hydrogen) atoms. The Balaban J connectivity index is 2.56. The largest absolute Gasteiger partial charge is 0.494 e. The van der Waals surface area contributed by atoms with Gasteiger partial charge in [0.2, 0.25) is 0 Å². The maximum absolute atomic E-state index is 12.0. The number of Topliss-reactive ketones (excluding diaryl/α,β-unsaturated/α-hetero) is 1. The molecule has 0 saturated heterocycles. The van der Waals surface area contributed by atoms with Crippen LogP contribution in [0.1, 0.15) is 46.0 Å². The second-order valence-corrected chi connectivity index (χ2v) is 6.65. The fourth-order valence-electron chi connectivity index (χ4n) is 1.69. The van der Waals surface area contributed by atoms with Crippen LogP contribution in [0.15, 0.2) is 29.2 Å². The zero-order chi connectivity index (χ0) is 16.4. The quantitative estimate of drug-likeness (QED) is 0.460. The van der Waals surface area contributed by atoms with Gasteiger partial charge in [0.25, 0.3) is 10.1 Å². The molecular formula is C16H24O5S. The number of rotatable bonds is 11. The van der Waals surface area contributed by atoms with E-state index in [1.54, 1.807) is 12.1 Å². The van der Waals surface area contributed by atoms with Crippen molar-refractivity contribution in [3.05, 3.63) is 24.3 Å². The third kappa shape index (κ3) is 6.58. The lowest BCUT2D eigenvalue weighted by atomic mass is 10.2. The summed E-state index contributed by atoms with van der Waals surface area (Å²) >= 11 is 0. The smallest absolute Gasteiger partial charge is 0.297 e. The third-order valence-corrected chi connectivity index (χ3v) is 4.34. The highest BCUT2D eigenvalue weighted by Crippen LogP contribution is 2.18. The zero-order valence-electron chi connectivity index (χ0n) is 13.2. The summed E-state index contributed by atoms with van der Waals surface area (Å²) in [4.78, 5) is 11.5. The van der Waals surface area contributed by atoms with E-state index in [1.165, 1.54) is 12.1 Å². The van der Waals surface area contributed by atoms with E-state index in [2.05, 4.69) is 6.92 Å². The molecule has 0 unspecified atom stereocenters. The van der Waals surface area contributed by atoms with Crippen LogP contribution in [0.5, 0.6) is 5.75 Å². The number of ether oxygens (including phenoxy) is 1. The molecule has 0 N–H and O–H groups in total. The highest BCUT2D eigenvalue weighted by atomic mass is 32.2. The molecule has 5 nitrogen and oxygen atoms in total. The van der Waals surface area contributed by atoms with Crippen molar-refractivity contribution in [2.75, 3.05) is 13.2 Å². The van der Waals surface area contributed by atoms with Crippen LogP contribution in [-0.4, -0.2) is 27.4 Å². The van der Waals surface area contributed by atoms with Gasteiger partial charge in [0, 0.05) is 6.42 Å². The number of hydrogen-bond acceptors (Lipinski definition) is 5. The van der Waals surface area contributed by atoms with Gasteiger partial charge in [-0.05, 0) is 37.1 Å². The van der Waals surface area contributed by atoms with Crippen LogP contribution in [-0.2, 0) is 19.1 Å². The Morgan fingerprint density at radius 3 is 2.27 bits per heavy atom. The average Bonchev–Trinajstić information content (AvgIpc) is 2.52. The van der Waals surface area contributed by atoms with Gasteiger partial charge in [-0.25, -0.2) is 0 Å². The van der Waals surface area contributed by atoms with Crippen LogP contribution in [0, 0.1) is 0 Å². The fraction of sp³-hybridized carbons (Fsp3) is 0.562. The monoisotopic (exact) mass is 328 g/mol. The van der Waals surface area contributed by atoms with Crippen LogP contribution < -0.4 is 4.74 Å². The van der Waals surface area contributed by atoms with Gasteiger partial charge >= 0.3 is 0 Å². The fourth-order valence-corrected chi connectivity index (χ4v) is 2.59. The van der Waals surface area contributed by atoms with Gasteiger partial charge in [0.1, 0.15) is 12.4 Å². The van der Waals surface area contributed by atoms with E-state index >= 15 is 0 Å². The molecule has 0 saturated carbocycles. The summed E-state index contributed by atoms with van der Waals surface area (Å²) in [6.07, 6.45) is 3.95. The predicted octanol–water partition coefficient (Wildman–Crippen LogP) is 3.33. The lowest BCUT2D eigenvalue weighted by Gasteiger charge is -2.07. The van der Waals surface area contributed by atoms with E-state index in [0.29, 0.717) is 18.8 Å². The SMILES string of the molecule is CCCCOc1ccc(S(=O)(=O)OCC(=O)CCCC)cc1. The minimum Gasteiger partial charge on any atom is -0.494 e. The molecule has 0 atom stereocenters. The van der Waals surface area contributed by atoms with E-state index in [0.717, 1.165) is 25.7 Å². The zero-order valence-corrected chi connectivity index (χ0v) is 14.0. The molecule has 0 aromatic heterocycles. The number of benzene rings is 1. The molecule has 0 aliphatic rings. The Morgan fingerprint density at radius 1 is 1.05 bits per heavy atom. The van der Waals surface area contributed by atoms with Gasteiger partial charge in [0.15, 0.2) is 5.78 Å². The second-order valence-electron chi connectivity index (χ2n) is 5.03. The number of carbonyl (C=O) groups is 1. The molecule has 124 valence electrons. The molecule has 0 radical (unpaired) electrons. The molecule has 1 aromatic carbocycles. The number of ketones is 1. The summed E-state index contributed by atoms with van der Waals surface area (Å²) in [5.74, 6) is 0.413. The predicted molar refractivity (Wildman–Crippen MR) is 84.5 cm³/mol. The van der Waals surface area contributed by atoms with Gasteiger partial charge in [-0.1, -0.05) is 26.7 Å². The first-order valence-electron chi connectivity index (χ1n) is 7.63. The molecule has 1 aromatic rings. The Bertz CT molecular complexity index is 548. The molecule has 0 fully saturated rings. The van der Waals surface area contributed by atoms with Crippen molar-refractivity contribution in [3.8, 4) is 5.75 Å². The van der Waals surface area contributed by atoms with Gasteiger partial charge in [-0.15, -0.1) is 0 Å². The van der Waals surface area contributed by atoms with E-state index < -0.39 is 16.7 Å². The summed E-state index contributed by atoms with van der Waals surface area (Å²) in [7, 11) is -3.90. The van der Waals surface area contributed by atoms with E-state index in [-0.39, 0.29) is 10.7 Å². The Morgan fingerprint density at radius 2 is 1.68 bits per heavy atom. The summed E-state index contributed by atoms with van der Waals surface area (Å²) in [6.45, 7) is 4.23. The number of unbranched alkanes of at least 4 members (excludes halogenated alkanes) is 2. The van der Waals surface area contributed by atoms with Crippen molar-refractivity contribution < 1.29 is 22.1 Å². The average molecular weight is 328 g/mol. The standard InChI is InChI=1S/C16H24O5S/c1-3-5-7-14(17)13-21-22(18,19)16-10-8-15(9-11-16)20-12-6-4-2/h8-11H,3-7,12-13H2,1-2H3. The summed E-state index contributed by atoms with van der Waals surface area (Å²) in [6, 6.07) is 6.02. The summed E-state index contributed by atoms with van der Waals surface area (Å²) in [5, 5.41) is 0.